The number of nitrogens with zero attached hydrogens (tertiary/aromatic N) is 1. The van der Waals surface area contributed by atoms with E-state index in [1.165, 1.54) is 18.4 Å². The zero-order valence-electron chi connectivity index (χ0n) is 13.2. The van der Waals surface area contributed by atoms with Crippen molar-refractivity contribution in [3.8, 4) is 0 Å². The lowest BCUT2D eigenvalue weighted by Gasteiger charge is -2.36. The molecule has 2 unspecified atom stereocenters. The molecule has 0 spiro atoms. The number of hydrogen-bond acceptors (Lipinski definition) is 2. The summed E-state index contributed by atoms with van der Waals surface area (Å²) in [6, 6.07) is -0.132. The molecule has 2 N–H and O–H groups in total. The minimum atomic E-state index is -0.260. The van der Waals surface area contributed by atoms with Gasteiger partial charge in [0.2, 0.25) is 5.91 Å². The standard InChI is InChI=1S/C16H27N3O2/c1-3-12(2)18-16(21)17-10-15(20)19-9-8-13-6-4-5-7-14(13)11-19/h7,12-13H,3-6,8-11H2,1-2H3,(H2,17,18,21). The fourth-order valence-corrected chi connectivity index (χ4v) is 3.00. The molecule has 1 heterocycles. The predicted molar refractivity (Wildman–Crippen MR) is 82.9 cm³/mol. The third kappa shape index (κ3) is 4.48. The number of nitrogens with one attached hydrogen (secondary N) is 2. The van der Waals surface area contributed by atoms with E-state index in [1.54, 1.807) is 0 Å². The predicted octanol–water partition coefficient (Wildman–Crippen LogP) is 2.04. The zero-order valence-corrected chi connectivity index (χ0v) is 13.2. The van der Waals surface area contributed by atoms with Crippen LogP contribution in [0.15, 0.2) is 11.6 Å². The summed E-state index contributed by atoms with van der Waals surface area (Å²) in [6.45, 7) is 5.60. The van der Waals surface area contributed by atoms with Crippen LogP contribution in [0.1, 0.15) is 46.0 Å². The average Bonchev–Trinajstić information content (AvgIpc) is 2.51. The van der Waals surface area contributed by atoms with E-state index < -0.39 is 0 Å². The van der Waals surface area contributed by atoms with E-state index in [0.29, 0.717) is 5.92 Å². The number of piperidine rings is 1. The first-order chi connectivity index (χ1) is 10.1. The molecule has 0 saturated carbocycles. The van der Waals surface area contributed by atoms with Crippen LogP contribution in [0.2, 0.25) is 0 Å². The van der Waals surface area contributed by atoms with Crippen LogP contribution in [0.5, 0.6) is 0 Å². The van der Waals surface area contributed by atoms with Crippen molar-refractivity contribution >= 4 is 11.9 Å². The van der Waals surface area contributed by atoms with Gasteiger partial charge in [-0.1, -0.05) is 18.6 Å². The van der Waals surface area contributed by atoms with Gasteiger partial charge in [0.1, 0.15) is 0 Å². The third-order valence-electron chi connectivity index (χ3n) is 4.55. The Balaban J connectivity index is 1.76. The van der Waals surface area contributed by atoms with Crippen molar-refractivity contribution in [3.05, 3.63) is 11.6 Å². The van der Waals surface area contributed by atoms with Crippen LogP contribution < -0.4 is 10.6 Å². The fraction of sp³-hybridized carbons (Fsp3) is 0.750. The number of rotatable bonds is 4. The van der Waals surface area contributed by atoms with Crippen LogP contribution in [0.25, 0.3) is 0 Å². The highest BCUT2D eigenvalue weighted by Crippen LogP contribution is 2.31. The molecular weight excluding hydrogens is 266 g/mol. The molecule has 3 amide bonds. The Morgan fingerprint density at radius 2 is 2.24 bits per heavy atom. The van der Waals surface area contributed by atoms with Crippen LogP contribution >= 0.6 is 0 Å². The molecule has 2 atom stereocenters. The Morgan fingerprint density at radius 3 is 3.00 bits per heavy atom. The summed E-state index contributed by atoms with van der Waals surface area (Å²) < 4.78 is 0. The summed E-state index contributed by atoms with van der Waals surface area (Å²) in [5.74, 6) is 0.698. The van der Waals surface area contributed by atoms with Crippen molar-refractivity contribution in [1.29, 1.82) is 0 Å². The minimum absolute atomic E-state index is 0.0132. The van der Waals surface area contributed by atoms with Crippen molar-refractivity contribution in [2.24, 2.45) is 5.92 Å². The maximum absolute atomic E-state index is 12.2. The smallest absolute Gasteiger partial charge is 0.315 e. The van der Waals surface area contributed by atoms with E-state index in [9.17, 15) is 9.59 Å². The first kappa shape index (κ1) is 15.9. The Morgan fingerprint density at radius 1 is 1.43 bits per heavy atom. The molecule has 2 rings (SSSR count). The molecule has 5 heteroatoms. The van der Waals surface area contributed by atoms with Gasteiger partial charge in [0.25, 0.3) is 0 Å². The van der Waals surface area contributed by atoms with Crippen molar-refractivity contribution < 1.29 is 9.59 Å². The lowest BCUT2D eigenvalue weighted by atomic mass is 9.82. The van der Waals surface area contributed by atoms with Gasteiger partial charge in [-0.3, -0.25) is 4.79 Å². The molecule has 21 heavy (non-hydrogen) atoms. The Labute approximate surface area is 127 Å². The van der Waals surface area contributed by atoms with Crippen molar-refractivity contribution in [2.45, 2.75) is 52.0 Å². The molecule has 2 aliphatic rings. The monoisotopic (exact) mass is 293 g/mol. The van der Waals surface area contributed by atoms with E-state index in [-0.39, 0.29) is 24.5 Å². The molecule has 0 radical (unpaired) electrons. The molecule has 1 aliphatic heterocycles. The Hall–Kier alpha value is -1.52. The molecular formula is C16H27N3O2. The van der Waals surface area contributed by atoms with Gasteiger partial charge in [0, 0.05) is 19.1 Å². The van der Waals surface area contributed by atoms with Crippen molar-refractivity contribution in [2.75, 3.05) is 19.6 Å². The second-order valence-corrected chi connectivity index (χ2v) is 6.15. The summed E-state index contributed by atoms with van der Waals surface area (Å²) in [7, 11) is 0. The Kier molecular flexibility index (Phi) is 5.65. The van der Waals surface area contributed by atoms with Crippen molar-refractivity contribution in [1.82, 2.24) is 15.5 Å². The third-order valence-corrected chi connectivity index (χ3v) is 4.55. The molecule has 1 saturated heterocycles. The Bertz CT molecular complexity index is 420. The average molecular weight is 293 g/mol. The van der Waals surface area contributed by atoms with Gasteiger partial charge in [-0.15, -0.1) is 0 Å². The van der Waals surface area contributed by atoms with Gasteiger partial charge in [0.05, 0.1) is 6.54 Å². The molecule has 0 aromatic rings. The molecule has 118 valence electrons. The summed E-state index contributed by atoms with van der Waals surface area (Å²) in [5.41, 5.74) is 1.42. The SMILES string of the molecule is CCC(C)NC(=O)NCC(=O)N1CCC2CCCC=C2C1. The van der Waals surface area contributed by atoms with E-state index in [0.717, 1.165) is 32.4 Å². The number of urea groups is 1. The van der Waals surface area contributed by atoms with Gasteiger partial charge in [-0.05, 0) is 44.9 Å². The van der Waals surface area contributed by atoms with Gasteiger partial charge < -0.3 is 15.5 Å². The van der Waals surface area contributed by atoms with Gasteiger partial charge in [0.15, 0.2) is 0 Å². The largest absolute Gasteiger partial charge is 0.337 e. The minimum Gasteiger partial charge on any atom is -0.337 e. The lowest BCUT2D eigenvalue weighted by molar-refractivity contribution is -0.130. The number of likely N-dealkylation sites (tertiary alicyclic amines) is 1. The lowest BCUT2D eigenvalue weighted by Crippen LogP contribution is -2.48. The summed E-state index contributed by atoms with van der Waals surface area (Å²) in [4.78, 5) is 25.7. The van der Waals surface area contributed by atoms with Crippen LogP contribution in [-0.4, -0.2) is 42.5 Å². The molecule has 1 aliphatic carbocycles. The van der Waals surface area contributed by atoms with E-state index in [4.69, 9.17) is 0 Å². The first-order valence-corrected chi connectivity index (χ1v) is 8.11. The maximum atomic E-state index is 12.2. The van der Waals surface area contributed by atoms with Crippen LogP contribution in [0.3, 0.4) is 0 Å². The second kappa shape index (κ2) is 7.48. The van der Waals surface area contributed by atoms with Crippen LogP contribution in [0, 0.1) is 5.92 Å². The summed E-state index contributed by atoms with van der Waals surface area (Å²) in [5, 5.41) is 5.46. The molecule has 0 aromatic heterocycles. The van der Waals surface area contributed by atoms with Crippen LogP contribution in [-0.2, 0) is 4.79 Å². The second-order valence-electron chi connectivity index (χ2n) is 6.15. The van der Waals surface area contributed by atoms with Crippen LogP contribution in [0.4, 0.5) is 4.79 Å². The molecule has 0 aromatic carbocycles. The highest BCUT2D eigenvalue weighted by molar-refractivity contribution is 5.84. The maximum Gasteiger partial charge on any atom is 0.315 e. The van der Waals surface area contributed by atoms with E-state index in [1.807, 2.05) is 18.7 Å². The van der Waals surface area contributed by atoms with E-state index >= 15 is 0 Å². The molecule has 0 bridgehead atoms. The molecule has 5 nitrogen and oxygen atoms in total. The van der Waals surface area contributed by atoms with Gasteiger partial charge >= 0.3 is 6.03 Å². The molecule has 1 fully saturated rings. The topological polar surface area (TPSA) is 61.4 Å². The first-order valence-electron chi connectivity index (χ1n) is 8.11. The number of carbonyl (C=O) groups is 2. The normalized spacial score (nSPS) is 22.9. The zero-order chi connectivity index (χ0) is 15.2. The van der Waals surface area contributed by atoms with Gasteiger partial charge in [-0.2, -0.15) is 0 Å². The fourth-order valence-electron chi connectivity index (χ4n) is 3.00. The quantitative estimate of drug-likeness (QED) is 0.779. The number of amides is 3. The van der Waals surface area contributed by atoms with Crippen molar-refractivity contribution in [3.63, 3.8) is 0 Å². The number of carbonyl (C=O) groups excluding carboxylic acids is 2. The summed E-state index contributed by atoms with van der Waals surface area (Å²) >= 11 is 0. The highest BCUT2D eigenvalue weighted by Gasteiger charge is 2.27. The highest BCUT2D eigenvalue weighted by atomic mass is 16.2. The number of hydrogen-bond donors (Lipinski definition) is 2. The summed E-state index contributed by atoms with van der Waals surface area (Å²) in [6.07, 6.45) is 7.93. The van der Waals surface area contributed by atoms with E-state index in [2.05, 4.69) is 16.7 Å². The number of allylic oxidation sites excluding steroid dienone is 1. The number of fused-ring (bicyclic) bond motifs is 1. The van der Waals surface area contributed by atoms with Gasteiger partial charge in [-0.25, -0.2) is 4.79 Å².